The molecule has 3 aromatic carbocycles. The number of carbonyl (C=O) groups is 2. The van der Waals surface area contributed by atoms with Gasteiger partial charge in [-0.05, 0) is 66.4 Å². The number of ether oxygens (including phenoxy) is 2. The third-order valence-electron chi connectivity index (χ3n) is 6.87. The van der Waals surface area contributed by atoms with Crippen LogP contribution in [0.25, 0.3) is 11.1 Å². The van der Waals surface area contributed by atoms with Crippen molar-refractivity contribution in [3.05, 3.63) is 83.4 Å². The number of carbonyl (C=O) groups excluding carboxylic acids is 2. The van der Waals surface area contributed by atoms with Crippen LogP contribution in [0, 0.1) is 13.8 Å². The number of benzene rings is 3. The van der Waals surface area contributed by atoms with Crippen molar-refractivity contribution < 1.29 is 29.0 Å². The number of amides is 2. The Bertz CT molecular complexity index is 1370. The van der Waals surface area contributed by atoms with E-state index >= 15 is 0 Å². The quantitative estimate of drug-likeness (QED) is 0.376. The summed E-state index contributed by atoms with van der Waals surface area (Å²) < 4.78 is 10.7. The number of methoxy groups -OCH3 is 1. The van der Waals surface area contributed by atoms with Gasteiger partial charge < -0.3 is 29.6 Å². The second-order valence-electron chi connectivity index (χ2n) is 9.72. The van der Waals surface area contributed by atoms with Crippen molar-refractivity contribution in [1.82, 2.24) is 10.2 Å². The number of aliphatic hydroxyl groups excluding tert-OH is 1. The molecule has 0 bridgehead atoms. The first kappa shape index (κ1) is 28.6. The SMILES string of the molecule is CON=C1C[C@@H](C(=O)NCC(O)COc2ccc(OC)cc2)N(C(=O)c2ccc(-c3ccccc3C)cc2C)C1. The lowest BCUT2D eigenvalue weighted by Crippen LogP contribution is -2.48. The van der Waals surface area contributed by atoms with E-state index < -0.39 is 12.1 Å². The summed E-state index contributed by atoms with van der Waals surface area (Å²) in [6.45, 7) is 4.07. The Morgan fingerprint density at radius 1 is 1.02 bits per heavy atom. The van der Waals surface area contributed by atoms with Crippen molar-refractivity contribution in [2.24, 2.45) is 5.16 Å². The predicted octanol–water partition coefficient (Wildman–Crippen LogP) is 3.75. The molecule has 2 atom stereocenters. The molecule has 1 aliphatic rings. The largest absolute Gasteiger partial charge is 0.497 e. The molecule has 3 aromatic rings. The Morgan fingerprint density at radius 3 is 2.42 bits per heavy atom. The molecule has 1 saturated heterocycles. The first-order valence-corrected chi connectivity index (χ1v) is 13.1. The van der Waals surface area contributed by atoms with Crippen molar-refractivity contribution in [3.8, 4) is 22.6 Å². The third kappa shape index (κ3) is 6.79. The van der Waals surface area contributed by atoms with Gasteiger partial charge in [0.25, 0.3) is 5.91 Å². The molecule has 1 unspecified atom stereocenters. The lowest BCUT2D eigenvalue weighted by Gasteiger charge is -2.25. The predicted molar refractivity (Wildman–Crippen MR) is 153 cm³/mol. The highest BCUT2D eigenvalue weighted by Crippen LogP contribution is 2.27. The van der Waals surface area contributed by atoms with Gasteiger partial charge in [-0.3, -0.25) is 9.59 Å². The van der Waals surface area contributed by atoms with Gasteiger partial charge in [0, 0.05) is 18.5 Å². The normalized spacial score (nSPS) is 16.5. The molecule has 1 fully saturated rings. The summed E-state index contributed by atoms with van der Waals surface area (Å²) in [6, 6.07) is 20.0. The lowest BCUT2D eigenvalue weighted by atomic mass is 9.96. The number of hydrogen-bond donors (Lipinski definition) is 2. The topological polar surface area (TPSA) is 110 Å². The summed E-state index contributed by atoms with van der Waals surface area (Å²) in [7, 11) is 3.01. The van der Waals surface area contributed by atoms with E-state index in [0.29, 0.717) is 22.8 Å². The van der Waals surface area contributed by atoms with E-state index in [1.165, 1.54) is 12.0 Å². The maximum atomic E-state index is 13.7. The third-order valence-corrected chi connectivity index (χ3v) is 6.87. The molecular weight excluding hydrogens is 510 g/mol. The highest BCUT2D eigenvalue weighted by atomic mass is 16.6. The molecule has 0 radical (unpaired) electrons. The molecule has 2 N–H and O–H groups in total. The molecule has 4 rings (SSSR count). The summed E-state index contributed by atoms with van der Waals surface area (Å²) >= 11 is 0. The van der Waals surface area contributed by atoms with Crippen LogP contribution in [0.2, 0.25) is 0 Å². The summed E-state index contributed by atoms with van der Waals surface area (Å²) in [5.41, 5.74) is 5.19. The van der Waals surface area contributed by atoms with Gasteiger partial charge in [0.05, 0.1) is 19.4 Å². The van der Waals surface area contributed by atoms with E-state index in [-0.39, 0.29) is 37.9 Å². The first-order chi connectivity index (χ1) is 19.3. The van der Waals surface area contributed by atoms with Gasteiger partial charge in [0.1, 0.15) is 37.4 Å². The van der Waals surface area contributed by atoms with Crippen molar-refractivity contribution in [3.63, 3.8) is 0 Å². The highest BCUT2D eigenvalue weighted by Gasteiger charge is 2.39. The number of aliphatic hydroxyl groups is 1. The van der Waals surface area contributed by atoms with Gasteiger partial charge in [-0.1, -0.05) is 41.6 Å². The van der Waals surface area contributed by atoms with Gasteiger partial charge in [-0.25, -0.2) is 0 Å². The Hall–Kier alpha value is -4.37. The maximum Gasteiger partial charge on any atom is 0.255 e. The number of rotatable bonds is 10. The molecular formula is C31H35N3O6. The van der Waals surface area contributed by atoms with Gasteiger partial charge in [-0.15, -0.1) is 0 Å². The summed E-state index contributed by atoms with van der Waals surface area (Å²) in [5.74, 6) is 0.624. The van der Waals surface area contributed by atoms with Crippen LogP contribution in [0.15, 0.2) is 71.9 Å². The van der Waals surface area contributed by atoms with Crippen molar-refractivity contribution in [1.29, 1.82) is 0 Å². The van der Waals surface area contributed by atoms with E-state index in [1.807, 2.05) is 31.2 Å². The van der Waals surface area contributed by atoms with Gasteiger partial charge >= 0.3 is 0 Å². The second kappa shape index (κ2) is 13.1. The molecule has 40 heavy (non-hydrogen) atoms. The number of likely N-dealkylation sites (tertiary alicyclic amines) is 1. The molecule has 2 amide bonds. The van der Waals surface area contributed by atoms with Crippen LogP contribution >= 0.6 is 0 Å². The zero-order valence-corrected chi connectivity index (χ0v) is 23.2. The Labute approximate surface area is 234 Å². The average Bonchev–Trinajstić information content (AvgIpc) is 3.39. The smallest absolute Gasteiger partial charge is 0.255 e. The number of nitrogens with zero attached hydrogens (tertiary/aromatic N) is 2. The Balaban J connectivity index is 1.42. The fourth-order valence-corrected chi connectivity index (χ4v) is 4.73. The Kier molecular flexibility index (Phi) is 9.39. The molecule has 1 heterocycles. The minimum Gasteiger partial charge on any atom is -0.497 e. The molecule has 210 valence electrons. The second-order valence-corrected chi connectivity index (χ2v) is 9.72. The van der Waals surface area contributed by atoms with Crippen molar-refractivity contribution in [2.45, 2.75) is 32.4 Å². The zero-order chi connectivity index (χ0) is 28.6. The zero-order valence-electron chi connectivity index (χ0n) is 23.2. The molecule has 0 spiro atoms. The molecule has 9 heteroatoms. The maximum absolute atomic E-state index is 13.7. The number of nitrogens with one attached hydrogen (secondary N) is 1. The fraction of sp³-hybridized carbons (Fsp3) is 0.323. The van der Waals surface area contributed by atoms with Crippen molar-refractivity contribution >= 4 is 17.5 Å². The molecule has 9 nitrogen and oxygen atoms in total. The van der Waals surface area contributed by atoms with Crippen molar-refractivity contribution in [2.75, 3.05) is 33.9 Å². The monoisotopic (exact) mass is 545 g/mol. The molecule has 1 aliphatic heterocycles. The van der Waals surface area contributed by atoms with Crippen LogP contribution in [0.1, 0.15) is 27.9 Å². The van der Waals surface area contributed by atoms with Crippen LogP contribution in [0.5, 0.6) is 11.5 Å². The average molecular weight is 546 g/mol. The number of hydrogen-bond acceptors (Lipinski definition) is 7. The van der Waals surface area contributed by atoms with Crippen LogP contribution in [-0.4, -0.2) is 73.6 Å². The molecule has 0 aromatic heterocycles. The van der Waals surface area contributed by atoms with Gasteiger partial charge in [0.15, 0.2) is 0 Å². The minimum atomic E-state index is -0.944. The van der Waals surface area contributed by atoms with Crippen LogP contribution in [-0.2, 0) is 9.63 Å². The molecule has 0 aliphatic carbocycles. The van der Waals surface area contributed by atoms with Gasteiger partial charge in [-0.2, -0.15) is 0 Å². The van der Waals surface area contributed by atoms with Crippen LogP contribution in [0.4, 0.5) is 0 Å². The first-order valence-electron chi connectivity index (χ1n) is 13.1. The lowest BCUT2D eigenvalue weighted by molar-refractivity contribution is -0.125. The van der Waals surface area contributed by atoms with Crippen LogP contribution in [0.3, 0.4) is 0 Å². The van der Waals surface area contributed by atoms with E-state index in [1.54, 1.807) is 37.4 Å². The summed E-state index contributed by atoms with van der Waals surface area (Å²) in [5, 5.41) is 17.1. The van der Waals surface area contributed by atoms with E-state index in [4.69, 9.17) is 14.3 Å². The van der Waals surface area contributed by atoms with Gasteiger partial charge in [0.2, 0.25) is 5.91 Å². The van der Waals surface area contributed by atoms with E-state index in [0.717, 1.165) is 22.3 Å². The standard InChI is InChI=1S/C31H35N3O6/c1-20-7-5-6-8-27(20)22-9-14-28(21(2)15-22)31(37)34-18-23(33-39-4)16-29(34)30(36)32-17-24(35)19-40-26-12-10-25(38-3)11-13-26/h5-15,24,29,35H,16-19H2,1-4H3,(H,32,36)/t24?,29-/m0/s1. The van der Waals surface area contributed by atoms with Crippen LogP contribution < -0.4 is 14.8 Å². The summed E-state index contributed by atoms with van der Waals surface area (Å²) in [6.07, 6.45) is -0.704. The fourth-order valence-electron chi connectivity index (χ4n) is 4.73. The summed E-state index contributed by atoms with van der Waals surface area (Å²) in [4.78, 5) is 33.3. The molecule has 0 saturated carbocycles. The Morgan fingerprint density at radius 2 is 1.75 bits per heavy atom. The highest BCUT2D eigenvalue weighted by molar-refractivity contribution is 6.06. The minimum absolute atomic E-state index is 0.0112. The number of oxime groups is 1. The van der Waals surface area contributed by atoms with E-state index in [9.17, 15) is 14.7 Å². The van der Waals surface area contributed by atoms with E-state index in [2.05, 4.69) is 29.5 Å². The number of aryl methyl sites for hydroxylation is 2.